The van der Waals surface area contributed by atoms with Crippen LogP contribution in [0, 0.1) is 0 Å². The Morgan fingerprint density at radius 3 is 3.06 bits per heavy atom. The van der Waals surface area contributed by atoms with Crippen LogP contribution in [0.1, 0.15) is 34.8 Å². The molecular formula is C14H20N2O2. The Morgan fingerprint density at radius 2 is 2.33 bits per heavy atom. The second-order valence-electron chi connectivity index (χ2n) is 4.67. The van der Waals surface area contributed by atoms with Crippen LogP contribution in [0.4, 0.5) is 0 Å². The lowest BCUT2D eigenvalue weighted by Crippen LogP contribution is -2.37. The second-order valence-corrected chi connectivity index (χ2v) is 4.67. The van der Waals surface area contributed by atoms with Crippen LogP contribution in [-0.4, -0.2) is 30.2 Å². The Kier molecular flexibility index (Phi) is 4.33. The molecule has 4 nitrogen and oxygen atoms in total. The molecule has 2 rings (SSSR count). The fourth-order valence-corrected chi connectivity index (χ4v) is 2.17. The van der Waals surface area contributed by atoms with Crippen LogP contribution >= 0.6 is 0 Å². The molecule has 1 aliphatic heterocycles. The highest BCUT2D eigenvalue weighted by Crippen LogP contribution is 2.16. The molecule has 0 bridgehead atoms. The predicted molar refractivity (Wildman–Crippen MR) is 70.5 cm³/mol. The van der Waals surface area contributed by atoms with E-state index in [1.165, 1.54) is 11.1 Å². The number of rotatable bonds is 4. The summed E-state index contributed by atoms with van der Waals surface area (Å²) in [6.45, 7) is 3.75. The first kappa shape index (κ1) is 13.1. The van der Waals surface area contributed by atoms with E-state index in [2.05, 4.69) is 10.6 Å². The summed E-state index contributed by atoms with van der Waals surface area (Å²) < 4.78 is 0. The normalized spacial score (nSPS) is 15.9. The summed E-state index contributed by atoms with van der Waals surface area (Å²) in [6, 6.07) is 5.68. The van der Waals surface area contributed by atoms with Crippen LogP contribution in [0.5, 0.6) is 0 Å². The molecule has 0 aliphatic carbocycles. The van der Waals surface area contributed by atoms with E-state index in [1.807, 2.05) is 25.1 Å². The number of hydrogen-bond donors (Lipinski definition) is 3. The Hall–Kier alpha value is -1.39. The summed E-state index contributed by atoms with van der Waals surface area (Å²) in [4.78, 5) is 12.0. The maximum Gasteiger partial charge on any atom is 0.251 e. The van der Waals surface area contributed by atoms with Gasteiger partial charge in [-0.25, -0.2) is 0 Å². The standard InChI is InChI=1S/C14H20N2O2/c1-2-13(9-17)16-14(18)11-4-3-10-5-6-15-8-12(10)7-11/h3-4,7,13,15,17H,2,5-6,8-9H2,1H3,(H,16,18). The minimum absolute atomic E-state index is 0.0191. The van der Waals surface area contributed by atoms with Crippen molar-refractivity contribution >= 4 is 5.91 Å². The smallest absolute Gasteiger partial charge is 0.251 e. The summed E-state index contributed by atoms with van der Waals surface area (Å²) in [5.74, 6) is -0.107. The third-order valence-electron chi connectivity index (χ3n) is 3.40. The quantitative estimate of drug-likeness (QED) is 0.739. The third kappa shape index (κ3) is 2.89. The van der Waals surface area contributed by atoms with Gasteiger partial charge in [0.05, 0.1) is 12.6 Å². The molecule has 1 aromatic carbocycles. The number of aliphatic hydroxyl groups is 1. The van der Waals surface area contributed by atoms with Gasteiger partial charge in [0.15, 0.2) is 0 Å². The number of fused-ring (bicyclic) bond motifs is 1. The van der Waals surface area contributed by atoms with Crippen LogP contribution in [0.15, 0.2) is 18.2 Å². The summed E-state index contributed by atoms with van der Waals surface area (Å²) in [7, 11) is 0. The molecule has 1 amide bonds. The van der Waals surface area contributed by atoms with Crippen LogP contribution in [0.3, 0.4) is 0 Å². The predicted octanol–water partition coefficient (Wildman–Crippen LogP) is 0.833. The molecule has 18 heavy (non-hydrogen) atoms. The van der Waals surface area contributed by atoms with E-state index < -0.39 is 0 Å². The zero-order valence-electron chi connectivity index (χ0n) is 10.7. The van der Waals surface area contributed by atoms with Crippen LogP contribution in [0.25, 0.3) is 0 Å². The van der Waals surface area contributed by atoms with Crippen molar-refractivity contribution in [2.45, 2.75) is 32.4 Å². The summed E-state index contributed by atoms with van der Waals surface area (Å²) in [6.07, 6.45) is 1.75. The van der Waals surface area contributed by atoms with Gasteiger partial charge < -0.3 is 15.7 Å². The van der Waals surface area contributed by atoms with Gasteiger partial charge in [-0.05, 0) is 42.6 Å². The number of carbonyl (C=O) groups is 1. The lowest BCUT2D eigenvalue weighted by molar-refractivity contribution is 0.0915. The molecule has 4 heteroatoms. The van der Waals surface area contributed by atoms with Gasteiger partial charge in [-0.3, -0.25) is 4.79 Å². The fraction of sp³-hybridized carbons (Fsp3) is 0.500. The SMILES string of the molecule is CCC(CO)NC(=O)c1ccc2c(c1)CNCC2. The number of amides is 1. The lowest BCUT2D eigenvalue weighted by Gasteiger charge is -2.19. The molecular weight excluding hydrogens is 228 g/mol. The van der Waals surface area contributed by atoms with E-state index in [4.69, 9.17) is 5.11 Å². The highest BCUT2D eigenvalue weighted by Gasteiger charge is 2.14. The first-order valence-corrected chi connectivity index (χ1v) is 6.48. The van der Waals surface area contributed by atoms with E-state index in [9.17, 15) is 4.79 Å². The van der Waals surface area contributed by atoms with E-state index in [1.54, 1.807) is 0 Å². The van der Waals surface area contributed by atoms with Gasteiger partial charge in [0.1, 0.15) is 0 Å². The van der Waals surface area contributed by atoms with Crippen molar-refractivity contribution in [2.75, 3.05) is 13.2 Å². The van der Waals surface area contributed by atoms with Crippen LogP contribution in [-0.2, 0) is 13.0 Å². The van der Waals surface area contributed by atoms with E-state index in [0.29, 0.717) is 5.56 Å². The zero-order valence-corrected chi connectivity index (χ0v) is 10.7. The van der Waals surface area contributed by atoms with Gasteiger partial charge in [0.25, 0.3) is 5.91 Å². The molecule has 0 spiro atoms. The molecule has 0 saturated heterocycles. The monoisotopic (exact) mass is 248 g/mol. The average Bonchev–Trinajstić information content (AvgIpc) is 2.44. The van der Waals surface area contributed by atoms with E-state index in [0.717, 1.165) is 25.9 Å². The van der Waals surface area contributed by atoms with Crippen molar-refractivity contribution in [3.05, 3.63) is 34.9 Å². The summed E-state index contributed by atoms with van der Waals surface area (Å²) in [5, 5.41) is 15.2. The molecule has 0 fully saturated rings. The molecule has 0 saturated carbocycles. The molecule has 1 aliphatic rings. The van der Waals surface area contributed by atoms with Gasteiger partial charge in [-0.2, -0.15) is 0 Å². The largest absolute Gasteiger partial charge is 0.394 e. The van der Waals surface area contributed by atoms with E-state index >= 15 is 0 Å². The Bertz CT molecular complexity index is 428. The second kappa shape index (κ2) is 5.98. The maximum atomic E-state index is 12.0. The minimum Gasteiger partial charge on any atom is -0.394 e. The number of nitrogens with one attached hydrogen (secondary N) is 2. The average molecular weight is 248 g/mol. The maximum absolute atomic E-state index is 12.0. The molecule has 0 aromatic heterocycles. The number of carbonyl (C=O) groups excluding carboxylic acids is 1. The van der Waals surface area contributed by atoms with Gasteiger partial charge >= 0.3 is 0 Å². The number of aliphatic hydroxyl groups excluding tert-OH is 1. The van der Waals surface area contributed by atoms with Crippen molar-refractivity contribution in [3.63, 3.8) is 0 Å². The molecule has 0 radical (unpaired) electrons. The fourth-order valence-electron chi connectivity index (χ4n) is 2.17. The highest BCUT2D eigenvalue weighted by atomic mass is 16.3. The molecule has 1 heterocycles. The Labute approximate surface area is 107 Å². The van der Waals surface area contributed by atoms with Crippen LogP contribution in [0.2, 0.25) is 0 Å². The van der Waals surface area contributed by atoms with Crippen LogP contribution < -0.4 is 10.6 Å². The molecule has 3 N–H and O–H groups in total. The van der Waals surface area contributed by atoms with Gasteiger partial charge in [0, 0.05) is 12.1 Å². The summed E-state index contributed by atoms with van der Waals surface area (Å²) >= 11 is 0. The lowest BCUT2D eigenvalue weighted by atomic mass is 9.98. The van der Waals surface area contributed by atoms with Gasteiger partial charge in [-0.15, -0.1) is 0 Å². The number of benzene rings is 1. The molecule has 1 unspecified atom stereocenters. The summed E-state index contributed by atoms with van der Waals surface area (Å²) in [5.41, 5.74) is 3.19. The molecule has 1 atom stereocenters. The van der Waals surface area contributed by atoms with Crippen molar-refractivity contribution in [2.24, 2.45) is 0 Å². The zero-order chi connectivity index (χ0) is 13.0. The number of hydrogen-bond acceptors (Lipinski definition) is 3. The first-order valence-electron chi connectivity index (χ1n) is 6.48. The van der Waals surface area contributed by atoms with Crippen molar-refractivity contribution in [3.8, 4) is 0 Å². The van der Waals surface area contributed by atoms with Crippen molar-refractivity contribution in [1.29, 1.82) is 0 Å². The topological polar surface area (TPSA) is 61.4 Å². The first-order chi connectivity index (χ1) is 8.74. The van der Waals surface area contributed by atoms with Crippen molar-refractivity contribution < 1.29 is 9.90 Å². The van der Waals surface area contributed by atoms with Gasteiger partial charge in [0.2, 0.25) is 0 Å². The minimum atomic E-state index is -0.161. The highest BCUT2D eigenvalue weighted by molar-refractivity contribution is 5.94. The Morgan fingerprint density at radius 1 is 1.50 bits per heavy atom. The van der Waals surface area contributed by atoms with E-state index in [-0.39, 0.29) is 18.6 Å². The molecule has 98 valence electrons. The third-order valence-corrected chi connectivity index (χ3v) is 3.40. The van der Waals surface area contributed by atoms with Crippen molar-refractivity contribution in [1.82, 2.24) is 10.6 Å². The molecule has 1 aromatic rings. The Balaban J connectivity index is 2.11. The van der Waals surface area contributed by atoms with Gasteiger partial charge in [-0.1, -0.05) is 13.0 Å².